The lowest BCUT2D eigenvalue weighted by Crippen LogP contribution is -2.58. The van der Waals surface area contributed by atoms with Crippen LogP contribution in [0.15, 0.2) is 0 Å². The second-order valence-corrected chi connectivity index (χ2v) is 4.02. The highest BCUT2D eigenvalue weighted by molar-refractivity contribution is 5.02. The maximum atomic E-state index is 10.1. The molecule has 0 amide bonds. The Bertz CT molecular complexity index is 171. The number of ether oxygens (including phenoxy) is 2. The zero-order valence-corrected chi connectivity index (χ0v) is 7.51. The summed E-state index contributed by atoms with van der Waals surface area (Å²) < 4.78 is 10.9. The molecule has 3 heteroatoms. The van der Waals surface area contributed by atoms with Crippen LogP contribution in [0.3, 0.4) is 0 Å². The number of aliphatic hydroxyl groups is 1. The maximum absolute atomic E-state index is 10.1. The summed E-state index contributed by atoms with van der Waals surface area (Å²) >= 11 is 0. The van der Waals surface area contributed by atoms with Crippen LogP contribution in [-0.2, 0) is 9.47 Å². The summed E-state index contributed by atoms with van der Waals surface area (Å²) in [6.07, 6.45) is 2.87. The van der Waals surface area contributed by atoms with Crippen molar-refractivity contribution in [2.45, 2.75) is 37.4 Å². The first-order valence-electron chi connectivity index (χ1n) is 4.60. The predicted molar refractivity (Wildman–Crippen MR) is 44.0 cm³/mol. The van der Waals surface area contributed by atoms with Gasteiger partial charge in [0.25, 0.3) is 0 Å². The van der Waals surface area contributed by atoms with Gasteiger partial charge in [0.15, 0.2) is 0 Å². The smallest absolute Gasteiger partial charge is 0.114 e. The molecule has 2 fully saturated rings. The van der Waals surface area contributed by atoms with Crippen LogP contribution in [0.5, 0.6) is 0 Å². The predicted octanol–water partition coefficient (Wildman–Crippen LogP) is 0.707. The van der Waals surface area contributed by atoms with Crippen LogP contribution < -0.4 is 0 Å². The average molecular weight is 172 g/mol. The summed E-state index contributed by atoms with van der Waals surface area (Å²) in [6.45, 7) is 3.73. The van der Waals surface area contributed by atoms with Crippen molar-refractivity contribution in [3.63, 3.8) is 0 Å². The van der Waals surface area contributed by atoms with Gasteiger partial charge in [-0.15, -0.1) is 0 Å². The molecule has 2 atom stereocenters. The van der Waals surface area contributed by atoms with Gasteiger partial charge in [0.05, 0.1) is 6.61 Å². The Morgan fingerprint density at radius 2 is 2.08 bits per heavy atom. The first-order valence-corrected chi connectivity index (χ1v) is 4.60. The number of rotatable bonds is 0. The summed E-state index contributed by atoms with van der Waals surface area (Å²) in [7, 11) is 0. The number of hydrogen-bond acceptors (Lipinski definition) is 3. The zero-order chi connectivity index (χ0) is 8.66. The lowest BCUT2D eigenvalue weighted by Gasteiger charge is -2.45. The van der Waals surface area contributed by atoms with Crippen LogP contribution in [-0.4, -0.2) is 36.1 Å². The van der Waals surface area contributed by atoms with Crippen LogP contribution in [0.2, 0.25) is 0 Å². The van der Waals surface area contributed by atoms with E-state index in [9.17, 15) is 5.11 Å². The van der Waals surface area contributed by atoms with Gasteiger partial charge in [-0.2, -0.15) is 0 Å². The highest BCUT2D eigenvalue weighted by Gasteiger charge is 2.52. The molecular weight excluding hydrogens is 156 g/mol. The third kappa shape index (κ3) is 1.08. The van der Waals surface area contributed by atoms with Gasteiger partial charge in [-0.05, 0) is 19.8 Å². The third-order valence-corrected chi connectivity index (χ3v) is 3.12. The van der Waals surface area contributed by atoms with Crippen molar-refractivity contribution < 1.29 is 14.6 Å². The van der Waals surface area contributed by atoms with Crippen molar-refractivity contribution in [2.75, 3.05) is 19.8 Å². The molecule has 1 N–H and O–H groups in total. The largest absolute Gasteiger partial charge is 0.385 e. The highest BCUT2D eigenvalue weighted by atomic mass is 16.5. The van der Waals surface area contributed by atoms with Crippen molar-refractivity contribution >= 4 is 0 Å². The lowest BCUT2D eigenvalue weighted by atomic mass is 9.78. The molecule has 0 saturated carbocycles. The Labute approximate surface area is 72.7 Å². The van der Waals surface area contributed by atoms with E-state index in [1.807, 2.05) is 6.92 Å². The van der Waals surface area contributed by atoms with E-state index in [4.69, 9.17) is 9.47 Å². The molecule has 0 aliphatic carbocycles. The van der Waals surface area contributed by atoms with Crippen molar-refractivity contribution in [1.82, 2.24) is 0 Å². The van der Waals surface area contributed by atoms with Crippen LogP contribution in [0, 0.1) is 0 Å². The molecule has 2 aliphatic rings. The third-order valence-electron chi connectivity index (χ3n) is 3.12. The molecule has 2 saturated heterocycles. The summed E-state index contributed by atoms with van der Waals surface area (Å²) in [6, 6.07) is 0. The lowest BCUT2D eigenvalue weighted by molar-refractivity contribution is -0.213. The maximum Gasteiger partial charge on any atom is 0.114 e. The topological polar surface area (TPSA) is 38.7 Å². The molecule has 2 heterocycles. The van der Waals surface area contributed by atoms with Crippen molar-refractivity contribution in [1.29, 1.82) is 0 Å². The van der Waals surface area contributed by atoms with Crippen LogP contribution in [0.1, 0.15) is 26.2 Å². The van der Waals surface area contributed by atoms with E-state index >= 15 is 0 Å². The van der Waals surface area contributed by atoms with E-state index in [-0.39, 0.29) is 5.60 Å². The fourth-order valence-corrected chi connectivity index (χ4v) is 2.23. The zero-order valence-electron chi connectivity index (χ0n) is 7.51. The first-order chi connectivity index (χ1) is 5.66. The molecular formula is C9H16O3. The Kier molecular flexibility index (Phi) is 1.90. The second kappa shape index (κ2) is 2.69. The molecule has 0 aromatic rings. The van der Waals surface area contributed by atoms with Gasteiger partial charge < -0.3 is 14.6 Å². The standard InChI is InChI=1S/C9H16O3/c1-8(10)7-11-6-4-9(8)3-2-5-12-9/h10H,2-7H2,1H3/t8-,9+/m0/s1. The minimum absolute atomic E-state index is 0.300. The van der Waals surface area contributed by atoms with Gasteiger partial charge in [-0.25, -0.2) is 0 Å². The molecule has 1 spiro atoms. The van der Waals surface area contributed by atoms with E-state index in [2.05, 4.69) is 0 Å². The van der Waals surface area contributed by atoms with Crippen molar-refractivity contribution in [2.24, 2.45) is 0 Å². The summed E-state index contributed by atoms with van der Waals surface area (Å²) in [4.78, 5) is 0. The van der Waals surface area contributed by atoms with Gasteiger partial charge >= 0.3 is 0 Å². The van der Waals surface area contributed by atoms with E-state index in [1.165, 1.54) is 0 Å². The summed E-state index contributed by atoms with van der Waals surface area (Å²) in [5.41, 5.74) is -1.09. The Hall–Kier alpha value is -0.120. The quantitative estimate of drug-likeness (QED) is 0.584. The first kappa shape index (κ1) is 8.48. The molecule has 0 bridgehead atoms. The molecule has 12 heavy (non-hydrogen) atoms. The molecule has 0 radical (unpaired) electrons. The van der Waals surface area contributed by atoms with Gasteiger partial charge in [0.2, 0.25) is 0 Å². The summed E-state index contributed by atoms with van der Waals surface area (Å²) in [5, 5.41) is 10.1. The van der Waals surface area contributed by atoms with Gasteiger partial charge in [0, 0.05) is 19.6 Å². The van der Waals surface area contributed by atoms with Crippen LogP contribution >= 0.6 is 0 Å². The summed E-state index contributed by atoms with van der Waals surface area (Å²) in [5.74, 6) is 0. The van der Waals surface area contributed by atoms with Crippen molar-refractivity contribution in [3.8, 4) is 0 Å². The van der Waals surface area contributed by atoms with Crippen LogP contribution in [0.25, 0.3) is 0 Å². The molecule has 2 aliphatic heterocycles. The SMILES string of the molecule is C[C@]1(O)COCC[C@]12CCCO2. The molecule has 0 aromatic heterocycles. The van der Waals surface area contributed by atoms with Gasteiger partial charge in [-0.1, -0.05) is 0 Å². The normalized spacial score (nSPS) is 48.5. The molecule has 2 rings (SSSR count). The fourth-order valence-electron chi connectivity index (χ4n) is 2.23. The van der Waals surface area contributed by atoms with E-state index in [0.717, 1.165) is 32.5 Å². The van der Waals surface area contributed by atoms with Gasteiger partial charge in [0.1, 0.15) is 11.2 Å². The number of hydrogen-bond donors (Lipinski definition) is 1. The highest BCUT2D eigenvalue weighted by Crippen LogP contribution is 2.41. The molecule has 0 unspecified atom stereocenters. The Balaban J connectivity index is 2.19. The molecule has 3 nitrogen and oxygen atoms in total. The Morgan fingerprint density at radius 1 is 1.25 bits per heavy atom. The minimum Gasteiger partial charge on any atom is -0.385 e. The van der Waals surface area contributed by atoms with E-state index < -0.39 is 5.60 Å². The second-order valence-electron chi connectivity index (χ2n) is 4.02. The minimum atomic E-state index is -0.790. The van der Waals surface area contributed by atoms with Crippen molar-refractivity contribution in [3.05, 3.63) is 0 Å². The fraction of sp³-hybridized carbons (Fsp3) is 1.00. The molecule has 0 aromatic carbocycles. The molecule has 70 valence electrons. The average Bonchev–Trinajstić information content (AvgIpc) is 2.46. The van der Waals surface area contributed by atoms with E-state index in [0.29, 0.717) is 6.61 Å². The Morgan fingerprint density at radius 3 is 2.67 bits per heavy atom. The van der Waals surface area contributed by atoms with E-state index in [1.54, 1.807) is 0 Å². The monoisotopic (exact) mass is 172 g/mol. The van der Waals surface area contributed by atoms with Gasteiger partial charge in [-0.3, -0.25) is 0 Å². The van der Waals surface area contributed by atoms with Crippen LogP contribution in [0.4, 0.5) is 0 Å².